The van der Waals surface area contributed by atoms with Crippen molar-refractivity contribution in [1.82, 2.24) is 5.32 Å². The minimum absolute atomic E-state index is 0. The Labute approximate surface area is 97.4 Å². The molecular weight excluding hydrogens is 273 g/mol. The molecule has 1 aromatic rings. The number of halogens is 3. The Hall–Kier alpha value is 0.240. The summed E-state index contributed by atoms with van der Waals surface area (Å²) in [6.45, 7) is 1.12. The summed E-state index contributed by atoms with van der Waals surface area (Å²) in [5.74, 6) is 0. The fourth-order valence-corrected chi connectivity index (χ4v) is 2.30. The Morgan fingerprint density at radius 3 is 2.62 bits per heavy atom. The summed E-state index contributed by atoms with van der Waals surface area (Å²) in [6, 6.07) is 6.47. The van der Waals surface area contributed by atoms with Crippen LogP contribution in [0.4, 0.5) is 0 Å². The maximum Gasteiger partial charge on any atom is 0.0417 e. The van der Waals surface area contributed by atoms with Crippen LogP contribution in [0.3, 0.4) is 0 Å². The van der Waals surface area contributed by atoms with Crippen LogP contribution in [0, 0.1) is 0 Å². The van der Waals surface area contributed by atoms with Gasteiger partial charge in [-0.2, -0.15) is 0 Å². The predicted molar refractivity (Wildman–Crippen MR) is 61.8 cm³/mol. The summed E-state index contributed by atoms with van der Waals surface area (Å²) >= 11 is 9.33. The zero-order valence-corrected chi connectivity index (χ0v) is 10.0. The molecule has 0 aromatic heterocycles. The van der Waals surface area contributed by atoms with Gasteiger partial charge in [0.2, 0.25) is 0 Å². The maximum atomic E-state index is 5.83. The van der Waals surface area contributed by atoms with E-state index in [-0.39, 0.29) is 12.4 Å². The second-order valence-electron chi connectivity index (χ2n) is 2.96. The Kier molecular flexibility index (Phi) is 4.05. The van der Waals surface area contributed by atoms with E-state index in [0.717, 1.165) is 16.0 Å². The van der Waals surface area contributed by atoms with Crippen molar-refractivity contribution in [2.24, 2.45) is 0 Å². The van der Waals surface area contributed by atoms with Crippen LogP contribution in [0.15, 0.2) is 22.7 Å². The fourth-order valence-electron chi connectivity index (χ4n) is 1.34. The van der Waals surface area contributed by atoms with Gasteiger partial charge >= 0.3 is 0 Å². The van der Waals surface area contributed by atoms with Gasteiger partial charge in [-0.1, -0.05) is 33.6 Å². The van der Waals surface area contributed by atoms with Crippen molar-refractivity contribution in [2.45, 2.75) is 12.5 Å². The highest BCUT2D eigenvalue weighted by Gasteiger charge is 2.20. The third kappa shape index (κ3) is 2.38. The van der Waals surface area contributed by atoms with E-state index < -0.39 is 0 Å². The van der Waals surface area contributed by atoms with Gasteiger partial charge in [-0.05, 0) is 30.7 Å². The van der Waals surface area contributed by atoms with E-state index >= 15 is 0 Å². The molecule has 2 rings (SSSR count). The first kappa shape index (κ1) is 11.3. The van der Waals surface area contributed by atoms with Crippen molar-refractivity contribution >= 4 is 39.9 Å². The SMILES string of the molecule is Cl.Clc1ccc([C@H]2CCN2)c(Br)c1. The summed E-state index contributed by atoms with van der Waals surface area (Å²) in [4.78, 5) is 0. The van der Waals surface area contributed by atoms with Crippen molar-refractivity contribution in [2.75, 3.05) is 6.54 Å². The summed E-state index contributed by atoms with van der Waals surface area (Å²) in [5, 5.41) is 4.13. The summed E-state index contributed by atoms with van der Waals surface area (Å²) in [5.41, 5.74) is 1.31. The van der Waals surface area contributed by atoms with E-state index in [0.29, 0.717) is 6.04 Å². The topological polar surface area (TPSA) is 12.0 Å². The quantitative estimate of drug-likeness (QED) is 0.831. The lowest BCUT2D eigenvalue weighted by Gasteiger charge is -2.28. The van der Waals surface area contributed by atoms with E-state index in [1.54, 1.807) is 0 Å². The molecule has 0 bridgehead atoms. The zero-order chi connectivity index (χ0) is 8.55. The van der Waals surface area contributed by atoms with Gasteiger partial charge in [0.15, 0.2) is 0 Å². The minimum atomic E-state index is 0. The highest BCUT2D eigenvalue weighted by molar-refractivity contribution is 9.10. The lowest BCUT2D eigenvalue weighted by atomic mass is 9.98. The lowest BCUT2D eigenvalue weighted by molar-refractivity contribution is 0.382. The number of hydrogen-bond donors (Lipinski definition) is 1. The molecular formula is C9H10BrCl2N. The van der Waals surface area contributed by atoms with Crippen molar-refractivity contribution in [1.29, 1.82) is 0 Å². The molecule has 1 N–H and O–H groups in total. The smallest absolute Gasteiger partial charge is 0.0417 e. The van der Waals surface area contributed by atoms with Crippen LogP contribution in [-0.4, -0.2) is 6.54 Å². The van der Waals surface area contributed by atoms with Crippen LogP contribution in [0.1, 0.15) is 18.0 Å². The lowest BCUT2D eigenvalue weighted by Crippen LogP contribution is -2.35. The zero-order valence-electron chi connectivity index (χ0n) is 6.89. The van der Waals surface area contributed by atoms with Gasteiger partial charge in [-0.15, -0.1) is 12.4 Å². The van der Waals surface area contributed by atoms with Crippen LogP contribution in [0.5, 0.6) is 0 Å². The van der Waals surface area contributed by atoms with Crippen molar-refractivity contribution < 1.29 is 0 Å². The number of hydrogen-bond acceptors (Lipinski definition) is 1. The normalized spacial score (nSPS) is 20.3. The van der Waals surface area contributed by atoms with Crippen LogP contribution < -0.4 is 5.32 Å². The van der Waals surface area contributed by atoms with Gasteiger partial charge in [0.1, 0.15) is 0 Å². The third-order valence-electron chi connectivity index (χ3n) is 2.16. The Bertz CT molecular complexity index is 300. The van der Waals surface area contributed by atoms with Crippen molar-refractivity contribution in [3.05, 3.63) is 33.3 Å². The highest BCUT2D eigenvalue weighted by Crippen LogP contribution is 2.31. The van der Waals surface area contributed by atoms with Crippen LogP contribution in [0.2, 0.25) is 5.02 Å². The molecule has 4 heteroatoms. The van der Waals surface area contributed by atoms with Gasteiger partial charge in [-0.3, -0.25) is 0 Å². The van der Waals surface area contributed by atoms with E-state index in [1.165, 1.54) is 12.0 Å². The van der Waals surface area contributed by atoms with E-state index in [4.69, 9.17) is 11.6 Å². The Balaban J connectivity index is 0.000000845. The molecule has 1 heterocycles. The molecule has 1 fully saturated rings. The predicted octanol–water partition coefficient (Wildman–Crippen LogP) is 3.56. The van der Waals surface area contributed by atoms with Crippen molar-refractivity contribution in [3.63, 3.8) is 0 Å². The van der Waals surface area contributed by atoms with Gasteiger partial charge in [0, 0.05) is 15.5 Å². The second-order valence-corrected chi connectivity index (χ2v) is 4.25. The first-order valence-corrected chi connectivity index (χ1v) is 5.13. The van der Waals surface area contributed by atoms with Crippen LogP contribution in [-0.2, 0) is 0 Å². The van der Waals surface area contributed by atoms with Crippen LogP contribution in [0.25, 0.3) is 0 Å². The molecule has 1 atom stereocenters. The molecule has 0 aliphatic carbocycles. The molecule has 1 saturated heterocycles. The van der Waals surface area contributed by atoms with Gasteiger partial charge < -0.3 is 5.32 Å². The number of nitrogens with one attached hydrogen (secondary N) is 1. The van der Waals surface area contributed by atoms with Crippen molar-refractivity contribution in [3.8, 4) is 0 Å². The maximum absolute atomic E-state index is 5.83. The summed E-state index contributed by atoms with van der Waals surface area (Å²) in [7, 11) is 0. The molecule has 1 aliphatic heterocycles. The second kappa shape index (κ2) is 4.65. The fraction of sp³-hybridized carbons (Fsp3) is 0.333. The molecule has 1 aliphatic rings. The Morgan fingerprint density at radius 1 is 1.46 bits per heavy atom. The largest absolute Gasteiger partial charge is 0.310 e. The third-order valence-corrected chi connectivity index (χ3v) is 3.08. The highest BCUT2D eigenvalue weighted by atomic mass is 79.9. The molecule has 0 radical (unpaired) electrons. The van der Waals surface area contributed by atoms with Gasteiger partial charge in [0.05, 0.1) is 0 Å². The molecule has 0 amide bonds. The molecule has 1 aromatic carbocycles. The molecule has 13 heavy (non-hydrogen) atoms. The van der Waals surface area contributed by atoms with E-state index in [1.807, 2.05) is 12.1 Å². The van der Waals surface area contributed by atoms with E-state index in [2.05, 4.69) is 27.3 Å². The molecule has 72 valence electrons. The number of rotatable bonds is 1. The number of benzene rings is 1. The Morgan fingerprint density at radius 2 is 2.15 bits per heavy atom. The molecule has 0 unspecified atom stereocenters. The van der Waals surface area contributed by atoms with E-state index in [9.17, 15) is 0 Å². The van der Waals surface area contributed by atoms with Gasteiger partial charge in [-0.25, -0.2) is 0 Å². The first-order chi connectivity index (χ1) is 5.77. The average Bonchev–Trinajstić information content (AvgIpc) is 1.91. The summed E-state index contributed by atoms with van der Waals surface area (Å²) < 4.78 is 1.10. The average molecular weight is 283 g/mol. The van der Waals surface area contributed by atoms with Gasteiger partial charge in [0.25, 0.3) is 0 Å². The monoisotopic (exact) mass is 281 g/mol. The first-order valence-electron chi connectivity index (χ1n) is 3.96. The minimum Gasteiger partial charge on any atom is -0.310 e. The summed E-state index contributed by atoms with van der Waals surface area (Å²) in [6.07, 6.45) is 1.22. The van der Waals surface area contributed by atoms with Crippen LogP contribution >= 0.6 is 39.9 Å². The standard InChI is InChI=1S/C9H9BrClN.ClH/c10-8-5-6(11)1-2-7(8)9-3-4-12-9;/h1-2,5,9,12H,3-4H2;1H/t9-;/m1./s1. The molecule has 0 spiro atoms. The molecule has 0 saturated carbocycles. The molecule has 1 nitrogen and oxygen atoms in total.